The number of anilines is 1. The second kappa shape index (κ2) is 10.8. The summed E-state index contributed by atoms with van der Waals surface area (Å²) in [6.45, 7) is 3.40. The highest BCUT2D eigenvalue weighted by Gasteiger charge is 2.28. The molecule has 2 aromatic rings. The number of benzene rings is 2. The topological polar surface area (TPSA) is 6.48 Å². The van der Waals surface area contributed by atoms with Crippen molar-refractivity contribution in [2.75, 3.05) is 11.4 Å². The van der Waals surface area contributed by atoms with Crippen LogP contribution in [0.5, 0.6) is 0 Å². The van der Waals surface area contributed by atoms with Gasteiger partial charge in [0.15, 0.2) is 0 Å². The number of rotatable bonds is 11. The standard InChI is InChI=1S/C25H34N2/c1-2-3-4-5-6-7-8-15-20-26-21-22-27(24-18-13-10-14-19-24)25(26)23-16-11-9-12-17-23/h9-14,16-19,21-22,25H,2-8,15,20H2,1H3. The SMILES string of the molecule is CCCCCCCCCCN1C=CN(c2ccccc2)C1c1ccccc1. The van der Waals surface area contributed by atoms with Crippen LogP contribution in [0.1, 0.15) is 70.0 Å². The van der Waals surface area contributed by atoms with E-state index in [4.69, 9.17) is 0 Å². The zero-order valence-electron chi connectivity index (χ0n) is 16.8. The average Bonchev–Trinajstić information content (AvgIpc) is 3.15. The molecule has 3 rings (SSSR count). The molecule has 1 aliphatic heterocycles. The monoisotopic (exact) mass is 362 g/mol. The molecule has 0 bridgehead atoms. The number of nitrogens with zero attached hydrogens (tertiary/aromatic N) is 2. The third kappa shape index (κ3) is 5.63. The maximum atomic E-state index is 2.50. The molecule has 1 unspecified atom stereocenters. The lowest BCUT2D eigenvalue weighted by Crippen LogP contribution is -2.31. The van der Waals surface area contributed by atoms with Crippen LogP contribution in [0.15, 0.2) is 73.1 Å². The van der Waals surface area contributed by atoms with E-state index in [0.717, 1.165) is 6.54 Å². The van der Waals surface area contributed by atoms with Crippen LogP contribution >= 0.6 is 0 Å². The van der Waals surface area contributed by atoms with Crippen LogP contribution in [0.4, 0.5) is 5.69 Å². The molecule has 0 aromatic heterocycles. The first-order valence-corrected chi connectivity index (χ1v) is 10.7. The van der Waals surface area contributed by atoms with Crippen LogP contribution < -0.4 is 4.90 Å². The summed E-state index contributed by atoms with van der Waals surface area (Å²) < 4.78 is 0. The van der Waals surface area contributed by atoms with Gasteiger partial charge in [-0.25, -0.2) is 0 Å². The molecule has 27 heavy (non-hydrogen) atoms. The molecule has 0 saturated heterocycles. The Morgan fingerprint density at radius 1 is 0.667 bits per heavy atom. The molecule has 1 aliphatic rings. The molecular weight excluding hydrogens is 328 g/mol. The summed E-state index contributed by atoms with van der Waals surface area (Å²) in [5.74, 6) is 0. The maximum Gasteiger partial charge on any atom is 0.132 e. The number of unbranched alkanes of at least 4 members (excludes halogenated alkanes) is 7. The van der Waals surface area contributed by atoms with Crippen molar-refractivity contribution in [3.63, 3.8) is 0 Å². The molecule has 2 aromatic carbocycles. The summed E-state index contributed by atoms with van der Waals surface area (Å²) in [4.78, 5) is 4.89. The van der Waals surface area contributed by atoms with E-state index >= 15 is 0 Å². The number of para-hydroxylation sites is 1. The Morgan fingerprint density at radius 2 is 1.26 bits per heavy atom. The van der Waals surface area contributed by atoms with E-state index < -0.39 is 0 Å². The fourth-order valence-corrected chi connectivity index (χ4v) is 3.91. The van der Waals surface area contributed by atoms with Gasteiger partial charge in [-0.3, -0.25) is 0 Å². The molecule has 0 N–H and O–H groups in total. The Morgan fingerprint density at radius 3 is 1.93 bits per heavy atom. The quantitative estimate of drug-likeness (QED) is 0.393. The van der Waals surface area contributed by atoms with Crippen molar-refractivity contribution in [1.82, 2.24) is 4.90 Å². The minimum atomic E-state index is 0.262. The number of hydrogen-bond donors (Lipinski definition) is 0. The van der Waals surface area contributed by atoms with E-state index in [0.29, 0.717) is 0 Å². The smallest absolute Gasteiger partial charge is 0.132 e. The molecule has 144 valence electrons. The van der Waals surface area contributed by atoms with Crippen molar-refractivity contribution in [2.24, 2.45) is 0 Å². The van der Waals surface area contributed by atoms with E-state index in [2.05, 4.69) is 89.8 Å². The van der Waals surface area contributed by atoms with Gasteiger partial charge < -0.3 is 9.80 Å². The van der Waals surface area contributed by atoms with Crippen molar-refractivity contribution in [1.29, 1.82) is 0 Å². The van der Waals surface area contributed by atoms with E-state index in [9.17, 15) is 0 Å². The van der Waals surface area contributed by atoms with Crippen LogP contribution in [-0.4, -0.2) is 11.4 Å². The second-order valence-corrected chi connectivity index (χ2v) is 7.54. The normalized spacial score (nSPS) is 16.3. The average molecular weight is 363 g/mol. The Bertz CT molecular complexity index is 665. The molecule has 0 spiro atoms. The fourth-order valence-electron chi connectivity index (χ4n) is 3.91. The maximum absolute atomic E-state index is 2.50. The molecule has 1 atom stereocenters. The first-order valence-electron chi connectivity index (χ1n) is 10.7. The molecule has 0 saturated carbocycles. The highest BCUT2D eigenvalue weighted by molar-refractivity contribution is 5.53. The Hall–Kier alpha value is -2.22. The van der Waals surface area contributed by atoms with Crippen LogP contribution in [0.2, 0.25) is 0 Å². The summed E-state index contributed by atoms with van der Waals surface area (Å²) in [5.41, 5.74) is 2.60. The van der Waals surface area contributed by atoms with Crippen molar-refractivity contribution >= 4 is 5.69 Å². The summed E-state index contributed by atoms with van der Waals surface area (Å²) in [7, 11) is 0. The van der Waals surface area contributed by atoms with Gasteiger partial charge in [-0.05, 0) is 24.1 Å². The van der Waals surface area contributed by atoms with Gasteiger partial charge >= 0.3 is 0 Å². The first kappa shape index (κ1) is 19.5. The lowest BCUT2D eigenvalue weighted by molar-refractivity contribution is 0.297. The molecule has 1 heterocycles. The lowest BCUT2D eigenvalue weighted by Gasteiger charge is -2.33. The van der Waals surface area contributed by atoms with Gasteiger partial charge in [-0.1, -0.05) is 100 Å². The zero-order chi connectivity index (χ0) is 18.7. The Kier molecular flexibility index (Phi) is 7.83. The molecule has 2 heteroatoms. The minimum Gasteiger partial charge on any atom is -0.352 e. The van der Waals surface area contributed by atoms with E-state index in [1.807, 2.05) is 0 Å². The molecule has 0 aliphatic carbocycles. The van der Waals surface area contributed by atoms with Crippen molar-refractivity contribution < 1.29 is 0 Å². The third-order valence-electron chi connectivity index (χ3n) is 5.42. The summed E-state index contributed by atoms with van der Waals surface area (Å²) in [6.07, 6.45) is 15.7. The molecule has 2 nitrogen and oxygen atoms in total. The van der Waals surface area contributed by atoms with Gasteiger partial charge in [0.25, 0.3) is 0 Å². The first-order chi connectivity index (χ1) is 13.4. The molecule has 0 amide bonds. The van der Waals surface area contributed by atoms with Gasteiger partial charge in [-0.15, -0.1) is 0 Å². The third-order valence-corrected chi connectivity index (χ3v) is 5.42. The molecular formula is C25H34N2. The fraction of sp³-hybridized carbons (Fsp3) is 0.440. The van der Waals surface area contributed by atoms with Crippen LogP contribution in [0.25, 0.3) is 0 Å². The minimum absolute atomic E-state index is 0.262. The van der Waals surface area contributed by atoms with Crippen LogP contribution in [0, 0.1) is 0 Å². The Balaban J connectivity index is 1.55. The van der Waals surface area contributed by atoms with Gasteiger partial charge in [0.1, 0.15) is 6.17 Å². The lowest BCUT2D eigenvalue weighted by atomic mass is 10.1. The van der Waals surface area contributed by atoms with Gasteiger partial charge in [0.05, 0.1) is 0 Å². The second-order valence-electron chi connectivity index (χ2n) is 7.54. The van der Waals surface area contributed by atoms with Crippen molar-refractivity contribution in [2.45, 2.75) is 64.5 Å². The van der Waals surface area contributed by atoms with Gasteiger partial charge in [0.2, 0.25) is 0 Å². The van der Waals surface area contributed by atoms with Crippen molar-refractivity contribution in [3.8, 4) is 0 Å². The van der Waals surface area contributed by atoms with E-state index in [-0.39, 0.29) is 6.17 Å². The predicted octanol–water partition coefficient (Wildman–Crippen LogP) is 7.12. The van der Waals surface area contributed by atoms with Gasteiger partial charge in [0, 0.05) is 24.6 Å². The summed E-state index contributed by atoms with van der Waals surface area (Å²) in [6, 6.07) is 21.6. The number of hydrogen-bond acceptors (Lipinski definition) is 2. The largest absolute Gasteiger partial charge is 0.352 e. The highest BCUT2D eigenvalue weighted by Crippen LogP contribution is 2.35. The molecule has 0 radical (unpaired) electrons. The van der Waals surface area contributed by atoms with Crippen LogP contribution in [0.3, 0.4) is 0 Å². The Labute approximate surface area is 165 Å². The summed E-state index contributed by atoms with van der Waals surface area (Å²) >= 11 is 0. The highest BCUT2D eigenvalue weighted by atomic mass is 15.4. The van der Waals surface area contributed by atoms with Crippen LogP contribution in [-0.2, 0) is 0 Å². The van der Waals surface area contributed by atoms with E-state index in [1.165, 1.54) is 62.6 Å². The predicted molar refractivity (Wildman–Crippen MR) is 117 cm³/mol. The molecule has 0 fully saturated rings. The van der Waals surface area contributed by atoms with E-state index in [1.54, 1.807) is 0 Å². The van der Waals surface area contributed by atoms with Gasteiger partial charge in [-0.2, -0.15) is 0 Å². The van der Waals surface area contributed by atoms with Crippen molar-refractivity contribution in [3.05, 3.63) is 78.6 Å². The summed E-state index contributed by atoms with van der Waals surface area (Å²) in [5, 5.41) is 0. The zero-order valence-corrected chi connectivity index (χ0v) is 16.8.